The summed E-state index contributed by atoms with van der Waals surface area (Å²) in [4.78, 5) is 18.3. The number of thiazole rings is 1. The second-order valence-corrected chi connectivity index (χ2v) is 8.35. The number of fused-ring (bicyclic) bond motifs is 2. The van der Waals surface area contributed by atoms with Crippen molar-refractivity contribution in [2.24, 2.45) is 0 Å². The second kappa shape index (κ2) is 6.34. The SMILES string of the molecule is O=C(Cc1cccs1)Nc1c2c(nn1-c1nc3ccccc3s1)CCC2. The van der Waals surface area contributed by atoms with Crippen LogP contribution in [-0.2, 0) is 24.1 Å². The number of benzene rings is 1. The number of aryl methyl sites for hydroxylation is 1. The Morgan fingerprint density at radius 3 is 2.96 bits per heavy atom. The number of anilines is 1. The number of thiophene rings is 1. The zero-order valence-electron chi connectivity index (χ0n) is 13.9. The van der Waals surface area contributed by atoms with E-state index < -0.39 is 0 Å². The highest BCUT2D eigenvalue weighted by molar-refractivity contribution is 7.20. The Hall–Kier alpha value is -2.51. The molecule has 1 aliphatic carbocycles. The number of nitrogens with one attached hydrogen (secondary N) is 1. The summed E-state index contributed by atoms with van der Waals surface area (Å²) in [5.74, 6) is 0.780. The van der Waals surface area contributed by atoms with Crippen LogP contribution in [0.1, 0.15) is 22.6 Å². The van der Waals surface area contributed by atoms with Crippen LogP contribution in [0.4, 0.5) is 5.82 Å². The first-order valence-corrected chi connectivity index (χ1v) is 10.3. The topological polar surface area (TPSA) is 59.8 Å². The molecule has 0 aliphatic heterocycles. The number of para-hydroxylation sites is 1. The molecule has 3 aromatic heterocycles. The van der Waals surface area contributed by atoms with E-state index in [9.17, 15) is 4.79 Å². The minimum absolute atomic E-state index is 0.00980. The summed E-state index contributed by atoms with van der Waals surface area (Å²) in [5.41, 5.74) is 3.19. The summed E-state index contributed by atoms with van der Waals surface area (Å²) in [6, 6.07) is 12.0. The van der Waals surface area contributed by atoms with Gasteiger partial charge in [-0.15, -0.1) is 11.3 Å². The second-order valence-electron chi connectivity index (χ2n) is 6.31. The van der Waals surface area contributed by atoms with Crippen LogP contribution in [0.15, 0.2) is 41.8 Å². The van der Waals surface area contributed by atoms with Gasteiger partial charge in [0.1, 0.15) is 5.82 Å². The van der Waals surface area contributed by atoms with Gasteiger partial charge in [-0.1, -0.05) is 29.5 Å². The van der Waals surface area contributed by atoms with Gasteiger partial charge in [-0.25, -0.2) is 4.98 Å². The Balaban J connectivity index is 1.52. The van der Waals surface area contributed by atoms with Crippen molar-refractivity contribution in [3.8, 4) is 5.13 Å². The molecular formula is C19H16N4OS2. The molecule has 0 saturated heterocycles. The molecular weight excluding hydrogens is 364 g/mol. The molecule has 5 nitrogen and oxygen atoms in total. The maximum absolute atomic E-state index is 12.6. The predicted molar refractivity (Wildman–Crippen MR) is 105 cm³/mol. The summed E-state index contributed by atoms with van der Waals surface area (Å²) in [7, 11) is 0. The van der Waals surface area contributed by atoms with Crippen molar-refractivity contribution in [3.05, 3.63) is 57.9 Å². The zero-order valence-corrected chi connectivity index (χ0v) is 15.6. The lowest BCUT2D eigenvalue weighted by Gasteiger charge is -2.08. The Labute approximate surface area is 158 Å². The normalized spacial score (nSPS) is 13.2. The molecule has 0 bridgehead atoms. The van der Waals surface area contributed by atoms with Crippen molar-refractivity contribution in [2.45, 2.75) is 25.7 Å². The zero-order chi connectivity index (χ0) is 17.5. The Morgan fingerprint density at radius 1 is 1.19 bits per heavy atom. The van der Waals surface area contributed by atoms with Crippen LogP contribution >= 0.6 is 22.7 Å². The largest absolute Gasteiger partial charge is 0.310 e. The van der Waals surface area contributed by atoms with Crippen LogP contribution in [-0.4, -0.2) is 20.7 Å². The fourth-order valence-electron chi connectivity index (χ4n) is 3.36. The molecule has 7 heteroatoms. The molecule has 130 valence electrons. The van der Waals surface area contributed by atoms with E-state index in [1.165, 1.54) is 0 Å². The summed E-state index contributed by atoms with van der Waals surface area (Å²) in [6.45, 7) is 0. The Morgan fingerprint density at radius 2 is 2.12 bits per heavy atom. The smallest absolute Gasteiger partial charge is 0.230 e. The molecule has 26 heavy (non-hydrogen) atoms. The highest BCUT2D eigenvalue weighted by atomic mass is 32.1. The maximum atomic E-state index is 12.6. The molecule has 1 aliphatic rings. The number of aromatic nitrogens is 3. The van der Waals surface area contributed by atoms with Crippen molar-refractivity contribution in [1.29, 1.82) is 0 Å². The average molecular weight is 380 g/mol. The third-order valence-electron chi connectivity index (χ3n) is 4.54. The minimum atomic E-state index is -0.00980. The third kappa shape index (κ3) is 2.73. The molecule has 0 atom stereocenters. The fraction of sp³-hybridized carbons (Fsp3) is 0.211. The standard InChI is InChI=1S/C19H16N4OS2/c24-17(11-12-5-4-10-25-12)21-18-13-6-3-8-14(13)22-23(18)19-20-15-7-1-2-9-16(15)26-19/h1-2,4-5,7,9-10H,3,6,8,11H2,(H,21,24). The van der Waals surface area contributed by atoms with Crippen LogP contribution in [0, 0.1) is 0 Å². The van der Waals surface area contributed by atoms with Gasteiger partial charge in [-0.2, -0.15) is 9.78 Å². The van der Waals surface area contributed by atoms with Crippen LogP contribution in [0.3, 0.4) is 0 Å². The fourth-order valence-corrected chi connectivity index (χ4v) is 4.98. The first-order valence-electron chi connectivity index (χ1n) is 8.57. The quantitative estimate of drug-likeness (QED) is 0.577. The van der Waals surface area contributed by atoms with Crippen molar-refractivity contribution < 1.29 is 4.79 Å². The molecule has 0 spiro atoms. The highest BCUT2D eigenvalue weighted by Gasteiger charge is 2.25. The van der Waals surface area contributed by atoms with E-state index >= 15 is 0 Å². The monoisotopic (exact) mass is 380 g/mol. The van der Waals surface area contributed by atoms with Gasteiger partial charge in [0, 0.05) is 10.4 Å². The van der Waals surface area contributed by atoms with Crippen molar-refractivity contribution in [1.82, 2.24) is 14.8 Å². The summed E-state index contributed by atoms with van der Waals surface area (Å²) in [5, 5.41) is 10.7. The molecule has 1 amide bonds. The van der Waals surface area contributed by atoms with Crippen LogP contribution in [0.25, 0.3) is 15.3 Å². The van der Waals surface area contributed by atoms with E-state index in [-0.39, 0.29) is 5.91 Å². The summed E-state index contributed by atoms with van der Waals surface area (Å²) < 4.78 is 2.94. The van der Waals surface area contributed by atoms with Crippen molar-refractivity contribution >= 4 is 44.6 Å². The number of rotatable bonds is 4. The van der Waals surface area contributed by atoms with E-state index in [2.05, 4.69) is 11.4 Å². The van der Waals surface area contributed by atoms with E-state index in [4.69, 9.17) is 10.1 Å². The lowest BCUT2D eigenvalue weighted by atomic mass is 10.2. The van der Waals surface area contributed by atoms with Crippen molar-refractivity contribution in [3.63, 3.8) is 0 Å². The predicted octanol–water partition coefficient (Wildman–Crippen LogP) is 4.21. The van der Waals surface area contributed by atoms with Gasteiger partial charge in [0.25, 0.3) is 0 Å². The van der Waals surface area contributed by atoms with Gasteiger partial charge in [-0.3, -0.25) is 4.79 Å². The first kappa shape index (κ1) is 15.7. The molecule has 1 aromatic carbocycles. The summed E-state index contributed by atoms with van der Waals surface area (Å²) in [6.07, 6.45) is 3.39. The maximum Gasteiger partial charge on any atom is 0.230 e. The molecule has 5 rings (SSSR count). The number of carbonyl (C=O) groups is 1. The molecule has 0 saturated carbocycles. The first-order chi connectivity index (χ1) is 12.8. The van der Waals surface area contributed by atoms with Crippen molar-refractivity contribution in [2.75, 3.05) is 5.32 Å². The van der Waals surface area contributed by atoms with E-state index in [1.54, 1.807) is 22.7 Å². The van der Waals surface area contributed by atoms with Gasteiger partial charge < -0.3 is 5.32 Å². The van der Waals surface area contributed by atoms with Gasteiger partial charge in [0.2, 0.25) is 11.0 Å². The summed E-state index contributed by atoms with van der Waals surface area (Å²) >= 11 is 3.19. The van der Waals surface area contributed by atoms with E-state index in [0.717, 1.165) is 56.6 Å². The van der Waals surface area contributed by atoms with Crippen LogP contribution in [0.5, 0.6) is 0 Å². The van der Waals surface area contributed by atoms with Gasteiger partial charge >= 0.3 is 0 Å². The average Bonchev–Trinajstić information content (AvgIpc) is 3.39. The molecule has 0 fully saturated rings. The molecule has 0 radical (unpaired) electrons. The minimum Gasteiger partial charge on any atom is -0.310 e. The number of hydrogen-bond donors (Lipinski definition) is 1. The van der Waals surface area contributed by atoms with Gasteiger partial charge in [0.15, 0.2) is 0 Å². The molecule has 4 aromatic rings. The number of nitrogens with zero attached hydrogens (tertiary/aromatic N) is 3. The Bertz CT molecular complexity index is 1060. The van der Waals surface area contributed by atoms with Gasteiger partial charge in [-0.05, 0) is 42.8 Å². The number of hydrogen-bond acceptors (Lipinski definition) is 5. The van der Waals surface area contributed by atoms with E-state index in [1.807, 2.05) is 40.4 Å². The number of carbonyl (C=O) groups excluding carboxylic acids is 1. The van der Waals surface area contributed by atoms with E-state index in [0.29, 0.717) is 6.42 Å². The van der Waals surface area contributed by atoms with Crippen LogP contribution in [0.2, 0.25) is 0 Å². The number of amides is 1. The van der Waals surface area contributed by atoms with Gasteiger partial charge in [0.05, 0.1) is 22.3 Å². The van der Waals surface area contributed by atoms with Crippen LogP contribution < -0.4 is 5.32 Å². The molecule has 1 N–H and O–H groups in total. The lowest BCUT2D eigenvalue weighted by molar-refractivity contribution is -0.115. The lowest BCUT2D eigenvalue weighted by Crippen LogP contribution is -2.17. The third-order valence-corrected chi connectivity index (χ3v) is 6.43. The Kier molecular flexibility index (Phi) is 3.83. The highest BCUT2D eigenvalue weighted by Crippen LogP contribution is 2.33. The molecule has 0 unspecified atom stereocenters. The molecule has 3 heterocycles.